The molecule has 2 rings (SSSR count). The van der Waals surface area contributed by atoms with Gasteiger partial charge in [-0.3, -0.25) is 4.79 Å². The van der Waals surface area contributed by atoms with E-state index in [0.29, 0.717) is 17.1 Å². The monoisotopic (exact) mass is 284 g/mol. The van der Waals surface area contributed by atoms with Crippen LogP contribution in [-0.2, 0) is 0 Å². The van der Waals surface area contributed by atoms with Gasteiger partial charge in [-0.1, -0.05) is 12.0 Å². The Hall–Kier alpha value is -2.71. The number of nitrogens with one attached hydrogen (secondary N) is 1. The Morgan fingerprint density at radius 1 is 1.38 bits per heavy atom. The van der Waals surface area contributed by atoms with Gasteiger partial charge in [-0.15, -0.1) is 0 Å². The molecule has 0 atom stereocenters. The number of carbonyl (C=O) groups excluding carboxylic acids is 1. The van der Waals surface area contributed by atoms with E-state index in [4.69, 9.17) is 5.11 Å². The molecular weight excluding hydrogens is 271 g/mol. The van der Waals surface area contributed by atoms with E-state index >= 15 is 0 Å². The van der Waals surface area contributed by atoms with Crippen LogP contribution >= 0.6 is 0 Å². The molecule has 0 saturated carbocycles. The van der Waals surface area contributed by atoms with Crippen LogP contribution in [0.1, 0.15) is 21.6 Å². The maximum Gasteiger partial charge on any atom is 0.256 e. The van der Waals surface area contributed by atoms with Crippen molar-refractivity contribution in [1.82, 2.24) is 4.98 Å². The van der Waals surface area contributed by atoms with Gasteiger partial charge in [0.1, 0.15) is 23.9 Å². The number of rotatable bonds is 2. The second kappa shape index (κ2) is 6.64. The van der Waals surface area contributed by atoms with E-state index in [0.717, 1.165) is 6.07 Å². The highest BCUT2D eigenvalue weighted by atomic mass is 19.1. The number of carbonyl (C=O) groups is 1. The van der Waals surface area contributed by atoms with Crippen LogP contribution in [0.25, 0.3) is 0 Å². The molecule has 2 aromatic rings. The van der Waals surface area contributed by atoms with Crippen molar-refractivity contribution in [2.45, 2.75) is 6.92 Å². The van der Waals surface area contributed by atoms with Gasteiger partial charge in [0.15, 0.2) is 0 Å². The van der Waals surface area contributed by atoms with Crippen LogP contribution in [0, 0.1) is 24.6 Å². The minimum absolute atomic E-state index is 0.223. The summed E-state index contributed by atoms with van der Waals surface area (Å²) in [6.07, 6.45) is 0. The third-order valence-electron chi connectivity index (χ3n) is 2.59. The average molecular weight is 284 g/mol. The summed E-state index contributed by atoms with van der Waals surface area (Å²) in [4.78, 5) is 16.2. The van der Waals surface area contributed by atoms with Crippen molar-refractivity contribution in [3.05, 3.63) is 59.0 Å². The topological polar surface area (TPSA) is 62.2 Å². The Morgan fingerprint density at radius 2 is 2.19 bits per heavy atom. The fourth-order valence-electron chi connectivity index (χ4n) is 1.76. The first kappa shape index (κ1) is 14.7. The normalized spacial score (nSPS) is 9.67. The molecule has 0 saturated heterocycles. The van der Waals surface area contributed by atoms with Crippen molar-refractivity contribution >= 4 is 11.7 Å². The van der Waals surface area contributed by atoms with Crippen molar-refractivity contribution in [1.29, 1.82) is 0 Å². The van der Waals surface area contributed by atoms with Gasteiger partial charge in [0.05, 0.1) is 0 Å². The largest absolute Gasteiger partial charge is 0.384 e. The molecule has 1 heterocycles. The molecule has 5 heteroatoms. The number of pyridine rings is 1. The Balaban J connectivity index is 2.19. The Kier molecular flexibility index (Phi) is 4.64. The Labute approximate surface area is 121 Å². The summed E-state index contributed by atoms with van der Waals surface area (Å²) in [6, 6.07) is 9.05. The SMILES string of the molecule is Cc1cc(F)cc(C(=O)Nc2cccc(C#CCO)n2)c1. The van der Waals surface area contributed by atoms with E-state index in [9.17, 15) is 9.18 Å². The molecule has 0 aliphatic carbocycles. The Morgan fingerprint density at radius 3 is 2.90 bits per heavy atom. The number of nitrogens with zero attached hydrogens (tertiary/aromatic N) is 1. The van der Waals surface area contributed by atoms with Gasteiger partial charge >= 0.3 is 0 Å². The van der Waals surface area contributed by atoms with E-state index < -0.39 is 11.7 Å². The molecule has 0 aliphatic rings. The minimum Gasteiger partial charge on any atom is -0.384 e. The molecule has 0 spiro atoms. The van der Waals surface area contributed by atoms with Crippen molar-refractivity contribution in [3.8, 4) is 11.8 Å². The Bertz CT molecular complexity index is 712. The predicted molar refractivity (Wildman–Crippen MR) is 77.3 cm³/mol. The van der Waals surface area contributed by atoms with E-state index in [-0.39, 0.29) is 12.2 Å². The number of aryl methyl sites for hydroxylation is 1. The number of benzene rings is 1. The molecule has 4 nitrogen and oxygen atoms in total. The molecule has 0 radical (unpaired) electrons. The number of halogens is 1. The molecule has 1 amide bonds. The molecule has 0 unspecified atom stereocenters. The van der Waals surface area contributed by atoms with E-state index in [1.807, 2.05) is 0 Å². The van der Waals surface area contributed by atoms with Gasteiger partial charge in [-0.25, -0.2) is 9.37 Å². The molecule has 0 aliphatic heterocycles. The molecule has 2 N–H and O–H groups in total. The van der Waals surface area contributed by atoms with Crippen LogP contribution in [0.15, 0.2) is 36.4 Å². The summed E-state index contributed by atoms with van der Waals surface area (Å²) in [5.74, 6) is 4.52. The first-order valence-corrected chi connectivity index (χ1v) is 6.24. The number of aliphatic hydroxyl groups excluding tert-OH is 1. The van der Waals surface area contributed by atoms with Crippen LogP contribution in [0.2, 0.25) is 0 Å². The van der Waals surface area contributed by atoms with Gasteiger partial charge in [-0.2, -0.15) is 0 Å². The molecule has 0 fully saturated rings. The lowest BCUT2D eigenvalue weighted by Crippen LogP contribution is -2.13. The third kappa shape index (κ3) is 4.13. The lowest BCUT2D eigenvalue weighted by atomic mass is 10.1. The zero-order valence-corrected chi connectivity index (χ0v) is 11.4. The van der Waals surface area contributed by atoms with Crippen LogP contribution < -0.4 is 5.32 Å². The lowest BCUT2D eigenvalue weighted by Gasteiger charge is -2.06. The fourth-order valence-corrected chi connectivity index (χ4v) is 1.76. The van der Waals surface area contributed by atoms with Crippen LogP contribution in [0.3, 0.4) is 0 Å². The lowest BCUT2D eigenvalue weighted by molar-refractivity contribution is 0.102. The first-order chi connectivity index (χ1) is 10.1. The number of hydrogen-bond donors (Lipinski definition) is 2. The van der Waals surface area contributed by atoms with Gasteiger partial charge in [0.25, 0.3) is 5.91 Å². The van der Waals surface area contributed by atoms with Gasteiger partial charge in [0.2, 0.25) is 0 Å². The summed E-state index contributed by atoms with van der Waals surface area (Å²) < 4.78 is 13.3. The highest BCUT2D eigenvalue weighted by Crippen LogP contribution is 2.11. The molecular formula is C16H13FN2O2. The molecule has 1 aromatic carbocycles. The number of aromatic nitrogens is 1. The highest BCUT2D eigenvalue weighted by Gasteiger charge is 2.09. The zero-order chi connectivity index (χ0) is 15.2. The van der Waals surface area contributed by atoms with Crippen molar-refractivity contribution < 1.29 is 14.3 Å². The third-order valence-corrected chi connectivity index (χ3v) is 2.59. The molecule has 0 bridgehead atoms. The van der Waals surface area contributed by atoms with E-state index in [2.05, 4.69) is 22.1 Å². The summed E-state index contributed by atoms with van der Waals surface area (Å²) in [6.45, 7) is 1.45. The summed E-state index contributed by atoms with van der Waals surface area (Å²) in [5, 5.41) is 11.2. The average Bonchev–Trinajstić information content (AvgIpc) is 2.44. The number of aliphatic hydroxyl groups is 1. The smallest absolute Gasteiger partial charge is 0.256 e. The van der Waals surface area contributed by atoms with Gasteiger partial charge < -0.3 is 10.4 Å². The van der Waals surface area contributed by atoms with Gasteiger partial charge in [0, 0.05) is 5.56 Å². The molecule has 21 heavy (non-hydrogen) atoms. The van der Waals surface area contributed by atoms with Crippen molar-refractivity contribution in [2.24, 2.45) is 0 Å². The molecule has 106 valence electrons. The maximum absolute atomic E-state index is 13.3. The van der Waals surface area contributed by atoms with E-state index in [1.54, 1.807) is 31.2 Å². The van der Waals surface area contributed by atoms with Crippen molar-refractivity contribution in [2.75, 3.05) is 11.9 Å². The number of anilines is 1. The van der Waals surface area contributed by atoms with Crippen LogP contribution in [-0.4, -0.2) is 22.6 Å². The second-order valence-electron chi connectivity index (χ2n) is 4.34. The quantitative estimate of drug-likeness (QED) is 0.830. The first-order valence-electron chi connectivity index (χ1n) is 6.24. The number of amides is 1. The molecule has 1 aromatic heterocycles. The standard InChI is InChI=1S/C16H13FN2O2/c1-11-8-12(10-13(17)9-11)16(21)19-15-6-2-4-14(18-15)5-3-7-20/h2,4,6,8-10,20H,7H2,1H3,(H,18,19,21). The number of hydrogen-bond acceptors (Lipinski definition) is 3. The van der Waals surface area contributed by atoms with Crippen LogP contribution in [0.4, 0.5) is 10.2 Å². The van der Waals surface area contributed by atoms with Crippen molar-refractivity contribution in [3.63, 3.8) is 0 Å². The predicted octanol–water partition coefficient (Wildman–Crippen LogP) is 2.13. The summed E-state index contributed by atoms with van der Waals surface area (Å²) in [7, 11) is 0. The fraction of sp³-hybridized carbons (Fsp3) is 0.125. The maximum atomic E-state index is 13.3. The van der Waals surface area contributed by atoms with Gasteiger partial charge in [-0.05, 0) is 48.7 Å². The minimum atomic E-state index is -0.462. The van der Waals surface area contributed by atoms with E-state index in [1.165, 1.54) is 6.07 Å². The zero-order valence-electron chi connectivity index (χ0n) is 11.4. The second-order valence-corrected chi connectivity index (χ2v) is 4.34. The van der Waals surface area contributed by atoms with Crippen LogP contribution in [0.5, 0.6) is 0 Å². The summed E-state index contributed by atoms with van der Waals surface area (Å²) >= 11 is 0. The highest BCUT2D eigenvalue weighted by molar-refractivity contribution is 6.03. The summed E-state index contributed by atoms with van der Waals surface area (Å²) in [5.41, 5.74) is 1.31.